The lowest BCUT2D eigenvalue weighted by molar-refractivity contribution is -0.710. The number of carbonyl (C=O) groups excluding carboxylic acids is 2. The normalized spacial score (nSPS) is 13.6. The molecule has 4 rings (SSSR count). The molecule has 0 aliphatic carbocycles. The minimum atomic E-state index is -3.75. The summed E-state index contributed by atoms with van der Waals surface area (Å²) in [6, 6.07) is 12.6. The van der Waals surface area contributed by atoms with Gasteiger partial charge in [0.05, 0.1) is 4.34 Å². The van der Waals surface area contributed by atoms with Crippen LogP contribution in [0, 0.1) is 0 Å². The minimum absolute atomic E-state index is 0.0197. The Kier molecular flexibility index (Phi) is 5.27. The fourth-order valence-electron chi connectivity index (χ4n) is 3.12. The highest BCUT2D eigenvalue weighted by atomic mass is 35.5. The van der Waals surface area contributed by atoms with Gasteiger partial charge in [-0.2, -0.15) is 0 Å². The summed E-state index contributed by atoms with van der Waals surface area (Å²) in [7, 11) is -3.75. The predicted octanol–water partition coefficient (Wildman–Crippen LogP) is 3.10. The van der Waals surface area contributed by atoms with Gasteiger partial charge in [-0.05, 0) is 29.8 Å². The molecule has 7 nitrogen and oxygen atoms in total. The van der Waals surface area contributed by atoms with Crippen LogP contribution in [0.3, 0.4) is 0 Å². The number of carbonyl (C=O) groups is 2. The molecule has 0 bridgehead atoms. The predicted molar refractivity (Wildman–Crippen MR) is 111 cm³/mol. The van der Waals surface area contributed by atoms with Gasteiger partial charge in [-0.3, -0.25) is 14.8 Å². The number of Topliss-reactive ketones (excluding diaryl/α,β-unsaturated/α-hetero) is 2. The lowest BCUT2D eigenvalue weighted by Crippen LogP contribution is -2.20. The molecule has 0 unspecified atom stereocenters. The molecule has 3 heterocycles. The van der Waals surface area contributed by atoms with Crippen LogP contribution >= 0.6 is 22.9 Å². The van der Waals surface area contributed by atoms with E-state index in [0.29, 0.717) is 21.2 Å². The van der Waals surface area contributed by atoms with E-state index in [-0.39, 0.29) is 27.8 Å². The molecule has 1 N–H and O–H groups in total. The Morgan fingerprint density at radius 1 is 1.13 bits per heavy atom. The maximum atomic E-state index is 12.6. The summed E-state index contributed by atoms with van der Waals surface area (Å²) in [4.78, 5) is 29.0. The zero-order chi connectivity index (χ0) is 21.5. The summed E-state index contributed by atoms with van der Waals surface area (Å²) in [5.74, 6) is -1.48. The number of sulfone groups is 1. The number of aromatic nitrogens is 1. The largest absolute Gasteiger partial charge is 0.331 e. The van der Waals surface area contributed by atoms with Crippen LogP contribution in [-0.4, -0.2) is 46.4 Å². The molecule has 0 fully saturated rings. The van der Waals surface area contributed by atoms with Crippen molar-refractivity contribution >= 4 is 55.7 Å². The first-order chi connectivity index (χ1) is 14.3. The van der Waals surface area contributed by atoms with Crippen LogP contribution in [0.15, 0.2) is 58.9 Å². The highest BCUT2D eigenvalue weighted by Gasteiger charge is 2.41. The number of pyridine rings is 1. The van der Waals surface area contributed by atoms with Gasteiger partial charge in [0.2, 0.25) is 0 Å². The molecule has 152 valence electrons. The molecule has 1 aliphatic heterocycles. The number of rotatable bonds is 6. The monoisotopic (exact) mass is 461 g/mol. The number of hydrogen-bond acceptors (Lipinski definition) is 7. The molecule has 2 aromatic heterocycles. The van der Waals surface area contributed by atoms with Crippen LogP contribution < -0.4 is 0 Å². The van der Waals surface area contributed by atoms with Crippen molar-refractivity contribution in [2.24, 2.45) is 0 Å². The van der Waals surface area contributed by atoms with Crippen LogP contribution in [0.4, 0.5) is 5.69 Å². The Morgan fingerprint density at radius 2 is 1.90 bits per heavy atom. The van der Waals surface area contributed by atoms with Crippen LogP contribution in [0.5, 0.6) is 0 Å². The second kappa shape index (κ2) is 7.75. The number of halogens is 1. The molecule has 1 aliphatic rings. The second-order valence-corrected chi connectivity index (χ2v) is 10.5. The number of benzene rings is 1. The van der Waals surface area contributed by atoms with Crippen LogP contribution in [-0.2, 0) is 21.1 Å². The number of thiophene rings is 1. The third-order valence-electron chi connectivity index (χ3n) is 4.48. The summed E-state index contributed by atoms with van der Waals surface area (Å²) < 4.78 is 25.8. The van der Waals surface area contributed by atoms with Gasteiger partial charge in [-0.15, -0.1) is 11.3 Å². The molecule has 30 heavy (non-hydrogen) atoms. The van der Waals surface area contributed by atoms with E-state index in [1.165, 1.54) is 24.4 Å². The molecular weight excluding hydrogens is 448 g/mol. The molecule has 3 aromatic rings. The van der Waals surface area contributed by atoms with Gasteiger partial charge in [0.25, 0.3) is 11.5 Å². The first-order valence-corrected chi connectivity index (χ1v) is 11.6. The van der Waals surface area contributed by atoms with Crippen LogP contribution in [0.25, 0.3) is 0 Å². The maximum Gasteiger partial charge on any atom is 0.331 e. The van der Waals surface area contributed by atoms with Gasteiger partial charge >= 0.3 is 5.71 Å². The maximum absolute atomic E-state index is 12.6. The zero-order valence-corrected chi connectivity index (χ0v) is 17.7. The van der Waals surface area contributed by atoms with Crippen molar-refractivity contribution < 1.29 is 28.0 Å². The number of nitrogens with zero attached hydrogens (tertiary/aromatic N) is 2. The summed E-state index contributed by atoms with van der Waals surface area (Å²) in [5, 5.41) is 10.3. The SMILES string of the molecule is O=C(Cc1ccc(C2=[N+](O)c3ccccc3C2=O)nc1)CS(=O)(=O)c1ccc(Cl)s1. The van der Waals surface area contributed by atoms with Gasteiger partial charge in [-0.25, -0.2) is 13.4 Å². The van der Waals surface area contributed by atoms with E-state index in [4.69, 9.17) is 11.6 Å². The van der Waals surface area contributed by atoms with Crippen LogP contribution in [0.1, 0.15) is 21.6 Å². The van der Waals surface area contributed by atoms with Crippen molar-refractivity contribution in [3.8, 4) is 0 Å². The Hall–Kier alpha value is -2.88. The van der Waals surface area contributed by atoms with E-state index in [1.807, 2.05) is 0 Å². The van der Waals surface area contributed by atoms with E-state index >= 15 is 0 Å². The number of para-hydroxylation sites is 1. The van der Waals surface area contributed by atoms with Crippen molar-refractivity contribution in [2.75, 3.05) is 5.75 Å². The van der Waals surface area contributed by atoms with Crippen molar-refractivity contribution in [1.82, 2.24) is 4.98 Å². The quantitative estimate of drug-likeness (QED) is 0.446. The standard InChI is InChI=1S/C20H14ClN2O5S2/c21-17-7-8-18(29-17)30(27,28)11-13(24)9-12-5-6-15(22-10-12)19-20(25)14-3-1-2-4-16(14)23(19)26/h1-8,10,26H,9,11H2/q+1. The molecule has 0 radical (unpaired) electrons. The van der Waals surface area contributed by atoms with Crippen molar-refractivity contribution in [3.05, 3.63) is 75.9 Å². The van der Waals surface area contributed by atoms with Crippen molar-refractivity contribution in [3.63, 3.8) is 0 Å². The average molecular weight is 462 g/mol. The van der Waals surface area contributed by atoms with Gasteiger partial charge in [-0.1, -0.05) is 29.8 Å². The molecule has 0 spiro atoms. The third kappa shape index (κ3) is 3.79. The average Bonchev–Trinajstić information content (AvgIpc) is 3.25. The highest BCUT2D eigenvalue weighted by Crippen LogP contribution is 2.27. The fraction of sp³-hybridized carbons (Fsp3) is 0.100. The Balaban J connectivity index is 1.49. The zero-order valence-electron chi connectivity index (χ0n) is 15.3. The molecule has 0 amide bonds. The smallest absolute Gasteiger partial charge is 0.298 e. The van der Waals surface area contributed by atoms with Crippen LogP contribution in [0.2, 0.25) is 4.34 Å². The Bertz CT molecular complexity index is 1310. The summed E-state index contributed by atoms with van der Waals surface area (Å²) in [6.45, 7) is 0. The van der Waals surface area contributed by atoms with E-state index in [9.17, 15) is 23.2 Å². The van der Waals surface area contributed by atoms with E-state index in [0.717, 1.165) is 16.1 Å². The summed E-state index contributed by atoms with van der Waals surface area (Å²) in [5.41, 5.74) is 1.51. The number of fused-ring (bicyclic) bond motifs is 1. The Morgan fingerprint density at radius 3 is 2.53 bits per heavy atom. The Labute approximate surface area is 180 Å². The van der Waals surface area contributed by atoms with Gasteiger partial charge in [0.1, 0.15) is 21.2 Å². The van der Waals surface area contributed by atoms with E-state index < -0.39 is 21.4 Å². The highest BCUT2D eigenvalue weighted by molar-refractivity contribution is 7.94. The summed E-state index contributed by atoms with van der Waals surface area (Å²) in [6.07, 6.45) is 1.26. The van der Waals surface area contributed by atoms with Crippen molar-refractivity contribution in [2.45, 2.75) is 10.6 Å². The minimum Gasteiger partial charge on any atom is -0.298 e. The molecular formula is C20H14ClN2O5S2+. The van der Waals surface area contributed by atoms with E-state index in [2.05, 4.69) is 4.98 Å². The lowest BCUT2D eigenvalue weighted by Gasteiger charge is -2.03. The van der Waals surface area contributed by atoms with Crippen molar-refractivity contribution in [1.29, 1.82) is 0 Å². The van der Waals surface area contributed by atoms with Gasteiger partial charge < -0.3 is 0 Å². The van der Waals surface area contributed by atoms with E-state index in [1.54, 1.807) is 30.3 Å². The lowest BCUT2D eigenvalue weighted by atomic mass is 10.1. The van der Waals surface area contributed by atoms with Gasteiger partial charge in [0, 0.05) is 23.4 Å². The second-order valence-electron chi connectivity index (χ2n) is 6.59. The molecule has 0 saturated heterocycles. The molecule has 0 atom stereocenters. The number of ketones is 2. The molecule has 0 saturated carbocycles. The summed E-state index contributed by atoms with van der Waals surface area (Å²) >= 11 is 6.67. The number of hydrogen-bond donors (Lipinski definition) is 1. The third-order valence-corrected chi connectivity index (χ3v) is 7.97. The first-order valence-electron chi connectivity index (χ1n) is 8.71. The topological polar surface area (TPSA) is 104 Å². The molecule has 1 aromatic carbocycles. The fourth-order valence-corrected chi connectivity index (χ4v) is 5.93. The van der Waals surface area contributed by atoms with Gasteiger partial charge in [0.15, 0.2) is 15.6 Å². The first kappa shape index (κ1) is 20.4. The molecule has 10 heteroatoms.